The van der Waals surface area contributed by atoms with Crippen LogP contribution in [0.15, 0.2) is 24.3 Å². The zero-order chi connectivity index (χ0) is 17.6. The average Bonchev–Trinajstić information content (AvgIpc) is 2.90. The second-order valence-corrected chi connectivity index (χ2v) is 6.51. The third-order valence-electron chi connectivity index (χ3n) is 4.65. The zero-order valence-electron chi connectivity index (χ0n) is 15.4. The van der Waals surface area contributed by atoms with Crippen LogP contribution >= 0.6 is 0 Å². The molecule has 25 heavy (non-hydrogen) atoms. The predicted octanol–water partition coefficient (Wildman–Crippen LogP) is 1.86. The maximum Gasteiger partial charge on any atom is 0.216 e. The third kappa shape index (κ3) is 4.60. The third-order valence-corrected chi connectivity index (χ3v) is 4.65. The van der Waals surface area contributed by atoms with Gasteiger partial charge in [0, 0.05) is 39.8 Å². The Morgan fingerprint density at radius 1 is 1.12 bits per heavy atom. The first kappa shape index (κ1) is 17.9. The number of methoxy groups -OCH3 is 1. The molecule has 6 heteroatoms. The van der Waals surface area contributed by atoms with E-state index in [-0.39, 0.29) is 0 Å². The van der Waals surface area contributed by atoms with Crippen molar-refractivity contribution < 1.29 is 9.47 Å². The van der Waals surface area contributed by atoms with E-state index in [0.29, 0.717) is 0 Å². The molecule has 1 aromatic heterocycles. The van der Waals surface area contributed by atoms with Crippen LogP contribution in [0.4, 0.5) is 0 Å². The van der Waals surface area contributed by atoms with Gasteiger partial charge in [-0.05, 0) is 18.1 Å². The number of nitrogens with one attached hydrogen (secondary N) is 1. The van der Waals surface area contributed by atoms with E-state index >= 15 is 0 Å². The molecule has 0 unspecified atom stereocenters. The predicted molar refractivity (Wildman–Crippen MR) is 97.6 cm³/mol. The van der Waals surface area contributed by atoms with Crippen molar-refractivity contribution in [3.63, 3.8) is 0 Å². The van der Waals surface area contributed by atoms with E-state index in [9.17, 15) is 0 Å². The van der Waals surface area contributed by atoms with Crippen molar-refractivity contribution >= 4 is 0 Å². The number of ether oxygens (including phenoxy) is 2. The number of hydrogen-bond acceptors (Lipinski definition) is 5. The highest BCUT2D eigenvalue weighted by molar-refractivity contribution is 5.31. The Morgan fingerprint density at radius 3 is 2.48 bits per heavy atom. The van der Waals surface area contributed by atoms with E-state index < -0.39 is 0 Å². The highest BCUT2D eigenvalue weighted by atomic mass is 16.5. The fraction of sp³-hybridized carbons (Fsp3) is 0.526. The van der Waals surface area contributed by atoms with Crippen molar-refractivity contribution in [3.8, 4) is 5.88 Å². The number of aryl methyl sites for hydroxylation is 2. The Balaban J connectivity index is 1.50. The lowest BCUT2D eigenvalue weighted by Crippen LogP contribution is -2.35. The molecule has 0 spiro atoms. The van der Waals surface area contributed by atoms with Gasteiger partial charge in [-0.2, -0.15) is 5.10 Å². The Bertz CT molecular complexity index is 675. The molecule has 3 rings (SSSR count). The second kappa shape index (κ2) is 8.47. The van der Waals surface area contributed by atoms with Gasteiger partial charge in [0.25, 0.3) is 0 Å². The Labute approximate surface area is 149 Å². The monoisotopic (exact) mass is 344 g/mol. The molecule has 1 N–H and O–H groups in total. The summed E-state index contributed by atoms with van der Waals surface area (Å²) >= 11 is 0. The highest BCUT2D eigenvalue weighted by Gasteiger charge is 2.13. The van der Waals surface area contributed by atoms with E-state index in [1.807, 2.05) is 14.0 Å². The largest absolute Gasteiger partial charge is 0.481 e. The number of benzene rings is 1. The van der Waals surface area contributed by atoms with Crippen molar-refractivity contribution in [2.45, 2.75) is 26.6 Å². The standard InChI is InChI=1S/C19H28N4O2/c1-15-18(19(24-3)22(2)21-15)13-20-12-16-4-6-17(7-5-16)14-23-8-10-25-11-9-23/h4-7,20H,8-14H2,1-3H3. The first-order chi connectivity index (χ1) is 12.2. The van der Waals surface area contributed by atoms with Gasteiger partial charge in [0.2, 0.25) is 5.88 Å². The van der Waals surface area contributed by atoms with Gasteiger partial charge in [-0.15, -0.1) is 0 Å². The van der Waals surface area contributed by atoms with Crippen LogP contribution in [0.1, 0.15) is 22.4 Å². The van der Waals surface area contributed by atoms with Crippen LogP contribution in [-0.4, -0.2) is 48.1 Å². The van der Waals surface area contributed by atoms with Crippen LogP contribution in [0.5, 0.6) is 5.88 Å². The number of nitrogens with zero attached hydrogens (tertiary/aromatic N) is 3. The SMILES string of the molecule is COc1c(CNCc2ccc(CN3CCOCC3)cc2)c(C)nn1C. The molecule has 0 atom stereocenters. The van der Waals surface area contributed by atoms with E-state index in [2.05, 4.69) is 39.6 Å². The number of rotatable bonds is 7. The van der Waals surface area contributed by atoms with E-state index in [4.69, 9.17) is 9.47 Å². The van der Waals surface area contributed by atoms with E-state index in [0.717, 1.165) is 63.1 Å². The fourth-order valence-corrected chi connectivity index (χ4v) is 3.25. The second-order valence-electron chi connectivity index (χ2n) is 6.51. The van der Waals surface area contributed by atoms with Gasteiger partial charge < -0.3 is 14.8 Å². The molecule has 0 amide bonds. The Kier molecular flexibility index (Phi) is 6.07. The van der Waals surface area contributed by atoms with Gasteiger partial charge in [-0.1, -0.05) is 24.3 Å². The Morgan fingerprint density at radius 2 is 1.80 bits per heavy atom. The van der Waals surface area contributed by atoms with E-state index in [1.165, 1.54) is 11.1 Å². The van der Waals surface area contributed by atoms with Gasteiger partial charge in [-0.25, -0.2) is 4.68 Å². The van der Waals surface area contributed by atoms with Gasteiger partial charge in [0.05, 0.1) is 31.6 Å². The van der Waals surface area contributed by atoms with Crippen LogP contribution in [0, 0.1) is 6.92 Å². The van der Waals surface area contributed by atoms with Crippen LogP contribution in [0.2, 0.25) is 0 Å². The molecule has 6 nitrogen and oxygen atoms in total. The quantitative estimate of drug-likeness (QED) is 0.831. The van der Waals surface area contributed by atoms with Gasteiger partial charge in [0.15, 0.2) is 0 Å². The summed E-state index contributed by atoms with van der Waals surface area (Å²) in [6.45, 7) is 8.33. The lowest BCUT2D eigenvalue weighted by molar-refractivity contribution is 0.0342. The first-order valence-corrected chi connectivity index (χ1v) is 8.82. The van der Waals surface area contributed by atoms with Gasteiger partial charge in [-0.3, -0.25) is 4.90 Å². The first-order valence-electron chi connectivity index (χ1n) is 8.82. The minimum Gasteiger partial charge on any atom is -0.481 e. The normalized spacial score (nSPS) is 15.5. The molecule has 1 aliphatic heterocycles. The minimum absolute atomic E-state index is 0.748. The topological polar surface area (TPSA) is 51.6 Å². The molecule has 0 saturated carbocycles. The Hall–Kier alpha value is -1.89. The highest BCUT2D eigenvalue weighted by Crippen LogP contribution is 2.20. The summed E-state index contributed by atoms with van der Waals surface area (Å²) in [7, 11) is 3.59. The summed E-state index contributed by atoms with van der Waals surface area (Å²) in [6, 6.07) is 8.86. The van der Waals surface area contributed by atoms with Gasteiger partial charge >= 0.3 is 0 Å². The molecule has 1 aliphatic rings. The lowest BCUT2D eigenvalue weighted by Gasteiger charge is -2.26. The summed E-state index contributed by atoms with van der Waals surface area (Å²) in [4.78, 5) is 2.44. The molecule has 0 aliphatic carbocycles. The minimum atomic E-state index is 0.748. The van der Waals surface area contributed by atoms with Crippen LogP contribution in [0.3, 0.4) is 0 Å². The molecule has 1 fully saturated rings. The summed E-state index contributed by atoms with van der Waals surface area (Å²) in [5.41, 5.74) is 4.77. The van der Waals surface area contributed by atoms with Crippen molar-refractivity contribution in [1.82, 2.24) is 20.0 Å². The number of morpholine rings is 1. The summed E-state index contributed by atoms with van der Waals surface area (Å²) in [6.07, 6.45) is 0. The maximum absolute atomic E-state index is 5.43. The molecule has 1 aromatic carbocycles. The van der Waals surface area contributed by atoms with E-state index in [1.54, 1.807) is 11.8 Å². The van der Waals surface area contributed by atoms with Crippen molar-refractivity contribution in [2.75, 3.05) is 33.4 Å². The smallest absolute Gasteiger partial charge is 0.216 e. The number of hydrogen-bond donors (Lipinski definition) is 1. The fourth-order valence-electron chi connectivity index (χ4n) is 3.25. The molecule has 0 bridgehead atoms. The number of aromatic nitrogens is 2. The molecule has 2 heterocycles. The van der Waals surface area contributed by atoms with Crippen LogP contribution in [0.25, 0.3) is 0 Å². The summed E-state index contributed by atoms with van der Waals surface area (Å²) < 4.78 is 12.6. The van der Waals surface area contributed by atoms with Gasteiger partial charge in [0.1, 0.15) is 0 Å². The lowest BCUT2D eigenvalue weighted by atomic mass is 10.1. The molecule has 0 radical (unpaired) electrons. The summed E-state index contributed by atoms with van der Waals surface area (Å²) in [5.74, 6) is 0.825. The molecular weight excluding hydrogens is 316 g/mol. The molecule has 2 aromatic rings. The summed E-state index contributed by atoms with van der Waals surface area (Å²) in [5, 5.41) is 7.90. The van der Waals surface area contributed by atoms with Crippen LogP contribution in [-0.2, 0) is 31.4 Å². The van der Waals surface area contributed by atoms with Crippen molar-refractivity contribution in [2.24, 2.45) is 7.05 Å². The van der Waals surface area contributed by atoms with Crippen molar-refractivity contribution in [3.05, 3.63) is 46.6 Å². The average molecular weight is 344 g/mol. The zero-order valence-corrected chi connectivity index (χ0v) is 15.4. The van der Waals surface area contributed by atoms with Crippen LogP contribution < -0.4 is 10.1 Å². The van der Waals surface area contributed by atoms with Crippen molar-refractivity contribution in [1.29, 1.82) is 0 Å². The molecule has 136 valence electrons. The molecular formula is C19H28N4O2. The molecule has 1 saturated heterocycles. The maximum atomic E-state index is 5.43.